The van der Waals surface area contributed by atoms with Gasteiger partial charge in [0.25, 0.3) is 0 Å². The van der Waals surface area contributed by atoms with E-state index in [0.717, 1.165) is 0 Å². The Hall–Kier alpha value is -2.46. The van der Waals surface area contributed by atoms with Gasteiger partial charge in [-0.1, -0.05) is 20.8 Å². The lowest BCUT2D eigenvalue weighted by Gasteiger charge is -2.43. The van der Waals surface area contributed by atoms with E-state index < -0.39 is 150 Å². The van der Waals surface area contributed by atoms with Crippen molar-refractivity contribution in [3.05, 3.63) is 0 Å². The highest BCUT2D eigenvalue weighted by Gasteiger charge is 2.97. The van der Waals surface area contributed by atoms with E-state index in [1.54, 1.807) is 13.8 Å². The second-order valence-electron chi connectivity index (χ2n) is 16.9. The van der Waals surface area contributed by atoms with Crippen LogP contribution in [0.2, 0.25) is 0 Å². The Morgan fingerprint density at radius 3 is 0.899 bits per heavy atom. The average molecular weight is 1100 g/mol. The molecule has 2 bridgehead atoms. The molecule has 0 aromatic heterocycles. The number of fused-ring (bicyclic) bond motifs is 2. The molecule has 2 aliphatic rings. The predicted octanol–water partition coefficient (Wildman–Crippen LogP) is 15.5. The van der Waals surface area contributed by atoms with Gasteiger partial charge in [-0.25, -0.2) is 0 Å². The van der Waals surface area contributed by atoms with Gasteiger partial charge < -0.3 is 9.47 Å². The van der Waals surface area contributed by atoms with Crippen LogP contribution in [0.25, 0.3) is 0 Å². The van der Waals surface area contributed by atoms with Crippen molar-refractivity contribution >= 4 is 0 Å². The molecule has 36 heteroatoms. The van der Waals surface area contributed by atoms with Crippen molar-refractivity contribution in [1.29, 1.82) is 0 Å². The summed E-state index contributed by atoms with van der Waals surface area (Å²) in [6, 6.07) is 0. The van der Waals surface area contributed by atoms with Gasteiger partial charge >= 0.3 is 95.3 Å². The number of rotatable bonds is 22. The van der Waals surface area contributed by atoms with Gasteiger partial charge in [-0.3, -0.25) is 0 Å². The standard InChI is InChI=1S/C33H30F34O2/c1-12(69-15-11-13-5-8-17(15,4)16(13,2)3)68-14(6-9-18(34,35)20(38,39)22(42,43)24(46,47)26(50,51)28(54,55)30(58,59)32(62,63)64)7-10-19(36,37)21(40,41)23(44,45)25(48,49)27(52,53)29(56,57)31(60,61)33(65,66)67/h12-15H,5-11H2,1-4H3/t12?,13-,15+,17+/m0/s1. The van der Waals surface area contributed by atoms with Gasteiger partial charge in [0.15, 0.2) is 6.29 Å². The second kappa shape index (κ2) is 17.0. The molecule has 0 saturated heterocycles. The summed E-state index contributed by atoms with van der Waals surface area (Å²) in [5, 5.41) is 0. The van der Waals surface area contributed by atoms with Gasteiger partial charge in [-0.2, -0.15) is 149 Å². The molecule has 1 unspecified atom stereocenters. The molecule has 0 aromatic carbocycles. The molecular formula is C33H30F34O2. The fourth-order valence-electron chi connectivity index (χ4n) is 7.54. The Labute approximate surface area is 362 Å². The summed E-state index contributed by atoms with van der Waals surface area (Å²) in [4.78, 5) is 0. The summed E-state index contributed by atoms with van der Waals surface area (Å²) in [7, 11) is 0. The minimum atomic E-state index is -9.14. The van der Waals surface area contributed by atoms with Crippen molar-refractivity contribution in [2.75, 3.05) is 0 Å². The first-order valence-corrected chi connectivity index (χ1v) is 18.4. The summed E-state index contributed by atoms with van der Waals surface area (Å²) >= 11 is 0. The lowest BCUT2D eigenvalue weighted by Crippen LogP contribution is -2.74. The van der Waals surface area contributed by atoms with Crippen LogP contribution in [0.15, 0.2) is 0 Å². The number of hydrogen-bond donors (Lipinski definition) is 0. The molecule has 0 aromatic rings. The first-order chi connectivity index (χ1) is 29.6. The minimum absolute atomic E-state index is 0.0276. The Morgan fingerprint density at radius 1 is 0.406 bits per heavy atom. The van der Waals surface area contributed by atoms with Crippen molar-refractivity contribution in [1.82, 2.24) is 0 Å². The van der Waals surface area contributed by atoms with Crippen molar-refractivity contribution < 1.29 is 159 Å². The summed E-state index contributed by atoms with van der Waals surface area (Å²) in [5.74, 6) is -121. The highest BCUT2D eigenvalue weighted by atomic mass is 19.4. The SMILES string of the molecule is CC(OC(CCC(F)(F)C(F)(F)C(F)(F)C(F)(F)C(F)(F)C(F)(F)C(F)(F)C(F)(F)F)CCC(F)(F)C(F)(F)C(F)(F)C(F)(F)C(F)(F)C(F)(F)C(F)(F)C(F)(F)F)O[C@@H]1C[C@@H]2CC[C@@]1(C)C2(C)C. The quantitative estimate of drug-likeness (QED) is 0.0795. The van der Waals surface area contributed by atoms with Crippen LogP contribution in [0, 0.1) is 16.7 Å². The maximum Gasteiger partial charge on any atom is 0.460 e. The largest absolute Gasteiger partial charge is 0.460 e. The second-order valence-corrected chi connectivity index (χ2v) is 16.9. The average Bonchev–Trinajstić information content (AvgIpc) is 3.47. The highest BCUT2D eigenvalue weighted by molar-refractivity contribution is 5.17. The molecule has 0 radical (unpaired) electrons. The van der Waals surface area contributed by atoms with Gasteiger partial charge in [-0.15, -0.1) is 0 Å². The van der Waals surface area contributed by atoms with E-state index in [9.17, 15) is 149 Å². The zero-order valence-electron chi connectivity index (χ0n) is 33.9. The Bertz CT molecular complexity index is 1710. The molecular weight excluding hydrogens is 1070 g/mol. The Kier molecular flexibility index (Phi) is 15.5. The molecule has 2 aliphatic carbocycles. The monoisotopic (exact) mass is 1100 g/mol. The predicted molar refractivity (Wildman–Crippen MR) is 158 cm³/mol. The van der Waals surface area contributed by atoms with E-state index in [4.69, 9.17) is 9.47 Å². The fourth-order valence-corrected chi connectivity index (χ4v) is 7.54. The van der Waals surface area contributed by atoms with Crippen molar-refractivity contribution in [2.45, 2.75) is 186 Å². The normalized spacial score (nSPS) is 23.3. The van der Waals surface area contributed by atoms with Crippen LogP contribution < -0.4 is 0 Å². The van der Waals surface area contributed by atoms with Crippen LogP contribution in [-0.4, -0.2) is 114 Å². The molecule has 0 N–H and O–H groups in total. The van der Waals surface area contributed by atoms with E-state index in [0.29, 0.717) is 13.3 Å². The molecule has 2 rings (SSSR count). The molecule has 2 fully saturated rings. The number of halogens is 34. The van der Waals surface area contributed by atoms with E-state index in [-0.39, 0.29) is 18.8 Å². The molecule has 0 heterocycles. The fraction of sp³-hybridized carbons (Fsp3) is 1.00. The van der Waals surface area contributed by atoms with Crippen molar-refractivity contribution in [3.63, 3.8) is 0 Å². The van der Waals surface area contributed by atoms with Gasteiger partial charge in [-0.05, 0) is 55.8 Å². The van der Waals surface area contributed by atoms with Gasteiger partial charge in [0, 0.05) is 12.8 Å². The molecule has 4 atom stereocenters. The molecule has 412 valence electrons. The van der Waals surface area contributed by atoms with Crippen LogP contribution in [0.3, 0.4) is 0 Å². The summed E-state index contributed by atoms with van der Waals surface area (Å²) in [6.45, 7) is 5.24. The van der Waals surface area contributed by atoms with Crippen LogP contribution in [0.4, 0.5) is 149 Å². The number of alkyl halides is 34. The van der Waals surface area contributed by atoms with Crippen LogP contribution >= 0.6 is 0 Å². The smallest absolute Gasteiger partial charge is 0.350 e. The van der Waals surface area contributed by atoms with Gasteiger partial charge in [0.1, 0.15) is 0 Å². The lowest BCUT2D eigenvalue weighted by molar-refractivity contribution is -0.462. The third kappa shape index (κ3) is 8.69. The molecule has 0 amide bonds. The zero-order valence-corrected chi connectivity index (χ0v) is 33.9. The Balaban J connectivity index is 2.65. The molecule has 2 nitrogen and oxygen atoms in total. The van der Waals surface area contributed by atoms with Gasteiger partial charge in [0.05, 0.1) is 12.2 Å². The number of ether oxygens (including phenoxy) is 2. The van der Waals surface area contributed by atoms with Crippen molar-refractivity contribution in [3.8, 4) is 0 Å². The molecule has 2 saturated carbocycles. The van der Waals surface area contributed by atoms with Crippen LogP contribution in [-0.2, 0) is 9.47 Å². The molecule has 0 spiro atoms. The third-order valence-electron chi connectivity index (χ3n) is 12.6. The highest BCUT2D eigenvalue weighted by Crippen LogP contribution is 2.68. The molecule has 69 heavy (non-hydrogen) atoms. The summed E-state index contributed by atoms with van der Waals surface area (Å²) in [5.41, 5.74) is -1.71. The van der Waals surface area contributed by atoms with E-state index in [1.807, 2.05) is 0 Å². The third-order valence-corrected chi connectivity index (χ3v) is 12.6. The molecule has 0 aliphatic heterocycles. The zero-order chi connectivity index (χ0) is 55.7. The van der Waals surface area contributed by atoms with Crippen molar-refractivity contribution in [2.24, 2.45) is 16.7 Å². The topological polar surface area (TPSA) is 18.5 Å². The summed E-state index contributed by atoms with van der Waals surface area (Å²) < 4.78 is 478. The Morgan fingerprint density at radius 2 is 0.667 bits per heavy atom. The number of hydrogen-bond acceptors (Lipinski definition) is 2. The lowest BCUT2D eigenvalue weighted by atomic mass is 9.70. The maximum absolute atomic E-state index is 14.8. The first-order valence-electron chi connectivity index (χ1n) is 18.4. The van der Waals surface area contributed by atoms with Crippen LogP contribution in [0.5, 0.6) is 0 Å². The van der Waals surface area contributed by atoms with E-state index >= 15 is 0 Å². The van der Waals surface area contributed by atoms with E-state index in [1.165, 1.54) is 6.92 Å². The summed E-state index contributed by atoms with van der Waals surface area (Å²) in [6.07, 6.45) is -35.1. The maximum atomic E-state index is 14.8. The first kappa shape index (κ1) is 62.7. The minimum Gasteiger partial charge on any atom is -0.350 e. The van der Waals surface area contributed by atoms with E-state index in [2.05, 4.69) is 0 Å². The van der Waals surface area contributed by atoms with Gasteiger partial charge in [0.2, 0.25) is 0 Å². The van der Waals surface area contributed by atoms with Crippen LogP contribution in [0.1, 0.15) is 72.6 Å².